The number of nitrogens with zero attached hydrogens (tertiary/aromatic N) is 2. The third kappa shape index (κ3) is 3.91. The molecule has 0 atom stereocenters. The number of anilines is 1. The highest BCUT2D eigenvalue weighted by Gasteiger charge is 2.34. The monoisotopic (exact) mass is 375 g/mol. The number of benzene rings is 1. The molecular formula is C20H20F3N3O. The predicted molar refractivity (Wildman–Crippen MR) is 97.2 cm³/mol. The van der Waals surface area contributed by atoms with Gasteiger partial charge in [0.05, 0.1) is 12.3 Å². The van der Waals surface area contributed by atoms with E-state index in [2.05, 4.69) is 20.0 Å². The van der Waals surface area contributed by atoms with Crippen LogP contribution in [-0.2, 0) is 6.54 Å². The van der Waals surface area contributed by atoms with Crippen molar-refractivity contribution in [1.29, 1.82) is 0 Å². The van der Waals surface area contributed by atoms with E-state index in [1.54, 1.807) is 18.3 Å². The molecule has 1 aromatic carbocycles. The van der Waals surface area contributed by atoms with Gasteiger partial charge in [0.25, 0.3) is 0 Å². The summed E-state index contributed by atoms with van der Waals surface area (Å²) in [6.07, 6.45) is 2.72. The lowest BCUT2D eigenvalue weighted by atomic mass is 9.94. The van der Waals surface area contributed by atoms with Crippen molar-refractivity contribution in [2.24, 2.45) is 4.99 Å². The van der Waals surface area contributed by atoms with Crippen LogP contribution in [0.5, 0.6) is 5.75 Å². The average molecular weight is 375 g/mol. The number of fused-ring (bicyclic) bond motifs is 1. The first kappa shape index (κ1) is 17.8. The fourth-order valence-electron chi connectivity index (χ4n) is 3.79. The summed E-state index contributed by atoms with van der Waals surface area (Å²) in [4.78, 5) is 8.98. The Morgan fingerprint density at radius 3 is 2.59 bits per heavy atom. The van der Waals surface area contributed by atoms with Gasteiger partial charge in [-0.2, -0.15) is 0 Å². The highest BCUT2D eigenvalue weighted by Crippen LogP contribution is 2.34. The second-order valence-electron chi connectivity index (χ2n) is 6.88. The lowest BCUT2D eigenvalue weighted by molar-refractivity contribution is -0.274. The number of aliphatic imine (C=N–C) groups is 1. The maximum atomic E-state index is 12.8. The van der Waals surface area contributed by atoms with Crippen LogP contribution in [0.4, 0.5) is 19.0 Å². The molecule has 0 radical (unpaired) electrons. The van der Waals surface area contributed by atoms with Gasteiger partial charge in [-0.1, -0.05) is 31.4 Å². The van der Waals surface area contributed by atoms with Crippen molar-refractivity contribution >= 4 is 11.5 Å². The number of para-hydroxylation sites is 1. The third-order valence-corrected chi connectivity index (χ3v) is 5.00. The molecule has 0 saturated heterocycles. The first-order chi connectivity index (χ1) is 13.0. The normalized spacial score (nSPS) is 17.4. The molecule has 142 valence electrons. The molecule has 27 heavy (non-hydrogen) atoms. The van der Waals surface area contributed by atoms with Gasteiger partial charge in [-0.3, -0.25) is 4.99 Å². The predicted octanol–water partition coefficient (Wildman–Crippen LogP) is 5.08. The molecule has 0 spiro atoms. The van der Waals surface area contributed by atoms with Gasteiger partial charge in [-0.15, -0.1) is 13.2 Å². The molecule has 0 unspecified atom stereocenters. The fraction of sp³-hybridized carbons (Fsp3) is 0.400. The Balaban J connectivity index is 1.69. The Hall–Kier alpha value is -2.57. The van der Waals surface area contributed by atoms with Crippen LogP contribution in [0, 0.1) is 0 Å². The molecule has 4 rings (SSSR count). The quantitative estimate of drug-likeness (QED) is 0.811. The minimum Gasteiger partial charge on any atom is -0.405 e. The average Bonchev–Trinajstić information content (AvgIpc) is 3.07. The number of hydrogen-bond donors (Lipinski definition) is 1. The molecule has 2 aliphatic rings. The SMILES string of the molecule is FC(F)(F)Oc1ccccc1C1=NCc2ccnc(NC3CCCCC3)c21. The van der Waals surface area contributed by atoms with Crippen molar-refractivity contribution in [2.75, 3.05) is 5.32 Å². The topological polar surface area (TPSA) is 46.5 Å². The summed E-state index contributed by atoms with van der Waals surface area (Å²) in [7, 11) is 0. The summed E-state index contributed by atoms with van der Waals surface area (Å²) in [5, 5.41) is 3.49. The van der Waals surface area contributed by atoms with Gasteiger partial charge in [0.1, 0.15) is 11.6 Å². The second-order valence-corrected chi connectivity index (χ2v) is 6.88. The summed E-state index contributed by atoms with van der Waals surface area (Å²) < 4.78 is 42.6. The van der Waals surface area contributed by atoms with Crippen molar-refractivity contribution in [3.63, 3.8) is 0 Å². The van der Waals surface area contributed by atoms with E-state index in [0.717, 1.165) is 24.0 Å². The fourth-order valence-corrected chi connectivity index (χ4v) is 3.79. The van der Waals surface area contributed by atoms with Gasteiger partial charge >= 0.3 is 6.36 Å². The molecule has 2 heterocycles. The van der Waals surface area contributed by atoms with Crippen LogP contribution in [0.25, 0.3) is 0 Å². The lowest BCUT2D eigenvalue weighted by Crippen LogP contribution is -2.24. The van der Waals surface area contributed by atoms with E-state index in [1.807, 2.05) is 6.07 Å². The van der Waals surface area contributed by atoms with Crippen molar-refractivity contribution in [3.8, 4) is 5.75 Å². The number of halogens is 3. The van der Waals surface area contributed by atoms with Crippen molar-refractivity contribution in [2.45, 2.75) is 51.1 Å². The van der Waals surface area contributed by atoms with Gasteiger partial charge in [-0.25, -0.2) is 4.98 Å². The summed E-state index contributed by atoms with van der Waals surface area (Å²) >= 11 is 0. The molecule has 7 heteroatoms. The molecular weight excluding hydrogens is 355 g/mol. The van der Waals surface area contributed by atoms with E-state index in [4.69, 9.17) is 0 Å². The number of aromatic nitrogens is 1. The van der Waals surface area contributed by atoms with Crippen molar-refractivity contribution in [1.82, 2.24) is 4.98 Å². The molecule has 1 aromatic heterocycles. The Bertz CT molecular complexity index is 858. The zero-order valence-corrected chi connectivity index (χ0v) is 14.7. The van der Waals surface area contributed by atoms with Crippen LogP contribution in [0.3, 0.4) is 0 Å². The maximum absolute atomic E-state index is 12.8. The number of ether oxygens (including phenoxy) is 1. The van der Waals surface area contributed by atoms with Crippen molar-refractivity contribution in [3.05, 3.63) is 53.2 Å². The summed E-state index contributed by atoms with van der Waals surface area (Å²) in [6.45, 7) is 0.423. The molecule has 1 aliphatic carbocycles. The van der Waals surface area contributed by atoms with Gasteiger partial charge < -0.3 is 10.1 Å². The summed E-state index contributed by atoms with van der Waals surface area (Å²) in [5.74, 6) is 0.446. The van der Waals surface area contributed by atoms with Crippen molar-refractivity contribution < 1.29 is 17.9 Å². The highest BCUT2D eigenvalue weighted by molar-refractivity contribution is 6.19. The number of hydrogen-bond acceptors (Lipinski definition) is 4. The van der Waals surface area contributed by atoms with E-state index in [-0.39, 0.29) is 5.75 Å². The highest BCUT2D eigenvalue weighted by atomic mass is 19.4. The molecule has 1 N–H and O–H groups in total. The van der Waals surface area contributed by atoms with E-state index in [0.29, 0.717) is 29.7 Å². The minimum absolute atomic E-state index is 0.246. The Labute approximate surface area is 155 Å². The minimum atomic E-state index is -4.75. The first-order valence-corrected chi connectivity index (χ1v) is 9.15. The first-order valence-electron chi connectivity index (χ1n) is 9.15. The zero-order chi connectivity index (χ0) is 18.9. The molecule has 1 fully saturated rings. The molecule has 1 aliphatic heterocycles. The Kier molecular flexibility index (Phi) is 4.76. The molecule has 1 saturated carbocycles. The van der Waals surface area contributed by atoms with Gasteiger partial charge in [-0.05, 0) is 36.6 Å². The van der Waals surface area contributed by atoms with Crippen LogP contribution in [0.15, 0.2) is 41.5 Å². The smallest absolute Gasteiger partial charge is 0.405 e. The van der Waals surface area contributed by atoms with Gasteiger partial charge in [0.15, 0.2) is 0 Å². The number of alkyl halides is 3. The van der Waals surface area contributed by atoms with E-state index >= 15 is 0 Å². The maximum Gasteiger partial charge on any atom is 0.573 e. The van der Waals surface area contributed by atoms with E-state index in [9.17, 15) is 13.2 Å². The van der Waals surface area contributed by atoms with Crippen LogP contribution >= 0.6 is 0 Å². The molecule has 0 bridgehead atoms. The summed E-state index contributed by atoms with van der Waals surface area (Å²) in [6, 6.07) is 8.32. The number of pyridine rings is 1. The van der Waals surface area contributed by atoms with Crippen LogP contribution < -0.4 is 10.1 Å². The summed E-state index contributed by atoms with van der Waals surface area (Å²) in [5.41, 5.74) is 2.56. The second kappa shape index (κ2) is 7.21. The number of rotatable bonds is 4. The Morgan fingerprint density at radius 2 is 1.81 bits per heavy atom. The molecule has 2 aromatic rings. The zero-order valence-electron chi connectivity index (χ0n) is 14.7. The van der Waals surface area contributed by atoms with Gasteiger partial charge in [0.2, 0.25) is 0 Å². The van der Waals surface area contributed by atoms with E-state index < -0.39 is 6.36 Å². The number of nitrogens with one attached hydrogen (secondary N) is 1. The molecule has 0 amide bonds. The lowest BCUT2D eigenvalue weighted by Gasteiger charge is -2.24. The van der Waals surface area contributed by atoms with Crippen LogP contribution in [-0.4, -0.2) is 23.1 Å². The van der Waals surface area contributed by atoms with Gasteiger partial charge in [0, 0.05) is 23.4 Å². The van der Waals surface area contributed by atoms with Crippen LogP contribution in [0.2, 0.25) is 0 Å². The standard InChI is InChI=1S/C20H20F3N3O/c21-20(22,23)27-16-9-5-4-8-15(16)18-17-13(12-25-18)10-11-24-19(17)26-14-6-2-1-3-7-14/h4-5,8-11,14H,1-3,6-7,12H2,(H,24,26). The largest absolute Gasteiger partial charge is 0.573 e. The molecule has 4 nitrogen and oxygen atoms in total. The van der Waals surface area contributed by atoms with Crippen LogP contribution in [0.1, 0.15) is 48.8 Å². The third-order valence-electron chi connectivity index (χ3n) is 5.00. The Morgan fingerprint density at radius 1 is 1.04 bits per heavy atom. The van der Waals surface area contributed by atoms with E-state index in [1.165, 1.54) is 31.4 Å².